The molecular weight excluding hydrogens is 330 g/mol. The molecule has 0 saturated carbocycles. The van der Waals surface area contributed by atoms with Crippen LogP contribution in [0, 0.1) is 16.0 Å². The Balaban J connectivity index is 2.04. The second-order valence-corrected chi connectivity index (χ2v) is 6.53. The number of hydrogen-bond donors (Lipinski definition) is 0. The highest BCUT2D eigenvalue weighted by atomic mass is 35.5. The summed E-state index contributed by atoms with van der Waals surface area (Å²) in [6.07, 6.45) is 1.87. The Bertz CT molecular complexity index is 605. The summed E-state index contributed by atoms with van der Waals surface area (Å²) >= 11 is 5.86. The molecule has 1 aliphatic heterocycles. The Morgan fingerprint density at radius 1 is 1.42 bits per heavy atom. The highest BCUT2D eigenvalue weighted by Gasteiger charge is 2.28. The van der Waals surface area contributed by atoms with Gasteiger partial charge in [0.2, 0.25) is 5.91 Å². The van der Waals surface area contributed by atoms with Crippen molar-refractivity contribution in [2.24, 2.45) is 5.92 Å². The van der Waals surface area contributed by atoms with Crippen LogP contribution < -0.4 is 0 Å². The Hall–Kier alpha value is -1.66. The van der Waals surface area contributed by atoms with Gasteiger partial charge in [-0.05, 0) is 44.9 Å². The highest BCUT2D eigenvalue weighted by Crippen LogP contribution is 2.27. The van der Waals surface area contributed by atoms with Crippen molar-refractivity contribution >= 4 is 23.2 Å². The number of nitrogens with zero attached hydrogens (tertiary/aromatic N) is 3. The van der Waals surface area contributed by atoms with Crippen LogP contribution in [0.25, 0.3) is 0 Å². The quantitative estimate of drug-likeness (QED) is 0.581. The minimum absolute atomic E-state index is 0.0148. The minimum Gasteiger partial charge on any atom is -0.343 e. The first-order valence-electron chi connectivity index (χ1n) is 8.40. The van der Waals surface area contributed by atoms with Crippen molar-refractivity contribution in [1.29, 1.82) is 0 Å². The van der Waals surface area contributed by atoms with Gasteiger partial charge in [-0.15, -0.1) is 0 Å². The zero-order valence-corrected chi connectivity index (χ0v) is 15.0. The zero-order valence-electron chi connectivity index (χ0n) is 14.2. The van der Waals surface area contributed by atoms with E-state index < -0.39 is 4.92 Å². The number of benzene rings is 1. The van der Waals surface area contributed by atoms with E-state index in [1.165, 1.54) is 6.07 Å². The third kappa shape index (κ3) is 4.45. The number of rotatable bonds is 6. The van der Waals surface area contributed by atoms with E-state index in [-0.39, 0.29) is 22.5 Å². The van der Waals surface area contributed by atoms with Gasteiger partial charge in [0.1, 0.15) is 5.02 Å². The van der Waals surface area contributed by atoms with E-state index in [2.05, 4.69) is 4.90 Å². The molecule has 0 bridgehead atoms. The third-order valence-corrected chi connectivity index (χ3v) is 4.86. The van der Waals surface area contributed by atoms with Crippen LogP contribution in [0.3, 0.4) is 0 Å². The number of nitro benzene ring substituents is 1. The topological polar surface area (TPSA) is 66.7 Å². The van der Waals surface area contributed by atoms with Crippen molar-refractivity contribution in [3.05, 3.63) is 38.9 Å². The van der Waals surface area contributed by atoms with Gasteiger partial charge in [0, 0.05) is 32.2 Å². The molecule has 0 spiro atoms. The van der Waals surface area contributed by atoms with Crippen molar-refractivity contribution in [3.8, 4) is 0 Å². The number of carbonyl (C=O) groups excluding carboxylic acids is 1. The fraction of sp³-hybridized carbons (Fsp3) is 0.588. The summed E-state index contributed by atoms with van der Waals surface area (Å²) < 4.78 is 0. The molecule has 1 atom stereocenters. The summed E-state index contributed by atoms with van der Waals surface area (Å²) in [7, 11) is 0. The van der Waals surface area contributed by atoms with Gasteiger partial charge in [0.25, 0.3) is 5.69 Å². The number of carbonyl (C=O) groups is 1. The van der Waals surface area contributed by atoms with Crippen molar-refractivity contribution in [3.63, 3.8) is 0 Å². The minimum atomic E-state index is -0.464. The third-order valence-electron chi connectivity index (χ3n) is 4.54. The maximum absolute atomic E-state index is 12.5. The van der Waals surface area contributed by atoms with Crippen LogP contribution in [0.4, 0.5) is 5.69 Å². The predicted molar refractivity (Wildman–Crippen MR) is 94.0 cm³/mol. The van der Waals surface area contributed by atoms with Crippen molar-refractivity contribution in [2.45, 2.75) is 33.2 Å². The molecule has 132 valence electrons. The molecule has 1 fully saturated rings. The molecule has 1 aromatic carbocycles. The van der Waals surface area contributed by atoms with E-state index in [0.29, 0.717) is 13.1 Å². The van der Waals surface area contributed by atoms with Gasteiger partial charge in [0.15, 0.2) is 0 Å². The number of likely N-dealkylation sites (tertiary alicyclic amines) is 1. The lowest BCUT2D eigenvalue weighted by molar-refractivity contribution is -0.384. The molecule has 24 heavy (non-hydrogen) atoms. The van der Waals surface area contributed by atoms with Crippen molar-refractivity contribution in [2.75, 3.05) is 26.2 Å². The Labute approximate surface area is 147 Å². The molecule has 1 aliphatic rings. The normalized spacial score (nSPS) is 18.4. The molecule has 2 rings (SSSR count). The second kappa shape index (κ2) is 8.44. The summed E-state index contributed by atoms with van der Waals surface area (Å²) in [5.41, 5.74) is 0.781. The fourth-order valence-electron chi connectivity index (χ4n) is 3.25. The van der Waals surface area contributed by atoms with Gasteiger partial charge in [-0.25, -0.2) is 0 Å². The highest BCUT2D eigenvalue weighted by molar-refractivity contribution is 6.32. The van der Waals surface area contributed by atoms with E-state index in [0.717, 1.165) is 38.0 Å². The standard InChI is InChI=1S/C17H24ClN3O3/c1-3-20(4-2)17(22)14-6-5-9-19(12-14)11-13-7-8-15(18)16(10-13)21(23)24/h7-8,10,14H,3-6,9,11-12H2,1-2H3/t14-/m0/s1. The molecule has 1 amide bonds. The predicted octanol–water partition coefficient (Wildman–Crippen LogP) is 3.33. The van der Waals surface area contributed by atoms with Crippen LogP contribution >= 0.6 is 11.6 Å². The van der Waals surface area contributed by atoms with Gasteiger partial charge < -0.3 is 4.90 Å². The molecule has 0 aliphatic carbocycles. The fourth-order valence-corrected chi connectivity index (χ4v) is 3.44. The van der Waals surface area contributed by atoms with Gasteiger partial charge in [-0.3, -0.25) is 19.8 Å². The average Bonchev–Trinajstić information content (AvgIpc) is 2.57. The van der Waals surface area contributed by atoms with E-state index in [1.807, 2.05) is 24.8 Å². The van der Waals surface area contributed by atoms with Crippen LogP contribution in [-0.2, 0) is 11.3 Å². The van der Waals surface area contributed by atoms with Crippen LogP contribution in [0.2, 0.25) is 5.02 Å². The maximum Gasteiger partial charge on any atom is 0.288 e. The monoisotopic (exact) mass is 353 g/mol. The van der Waals surface area contributed by atoms with Gasteiger partial charge >= 0.3 is 0 Å². The smallest absolute Gasteiger partial charge is 0.288 e. The number of amides is 1. The lowest BCUT2D eigenvalue weighted by Crippen LogP contribution is -2.44. The van der Waals surface area contributed by atoms with Crippen molar-refractivity contribution in [1.82, 2.24) is 9.80 Å². The first kappa shape index (κ1) is 18.7. The van der Waals surface area contributed by atoms with Crippen molar-refractivity contribution < 1.29 is 9.72 Å². The summed E-state index contributed by atoms with van der Waals surface area (Å²) in [5.74, 6) is 0.229. The molecule has 0 radical (unpaired) electrons. The molecular formula is C17H24ClN3O3. The number of piperidine rings is 1. The molecule has 0 N–H and O–H groups in total. The Morgan fingerprint density at radius 2 is 2.12 bits per heavy atom. The molecule has 0 aromatic heterocycles. The van der Waals surface area contributed by atoms with Gasteiger partial charge in [0.05, 0.1) is 10.8 Å². The van der Waals surface area contributed by atoms with Crippen LogP contribution in [0.1, 0.15) is 32.3 Å². The first-order chi connectivity index (χ1) is 11.5. The van der Waals surface area contributed by atoms with Crippen LogP contribution in [0.15, 0.2) is 18.2 Å². The molecule has 1 saturated heterocycles. The molecule has 6 nitrogen and oxygen atoms in total. The molecule has 1 aromatic rings. The molecule has 7 heteroatoms. The van der Waals surface area contributed by atoms with E-state index in [4.69, 9.17) is 11.6 Å². The van der Waals surface area contributed by atoms with E-state index in [1.54, 1.807) is 6.07 Å². The lowest BCUT2D eigenvalue weighted by atomic mass is 9.96. The number of hydrogen-bond acceptors (Lipinski definition) is 4. The summed E-state index contributed by atoms with van der Waals surface area (Å²) in [4.78, 5) is 27.2. The Morgan fingerprint density at radius 3 is 2.75 bits per heavy atom. The van der Waals surface area contributed by atoms with Gasteiger partial charge in [-0.2, -0.15) is 0 Å². The number of halogens is 1. The van der Waals surface area contributed by atoms with Gasteiger partial charge in [-0.1, -0.05) is 17.7 Å². The largest absolute Gasteiger partial charge is 0.343 e. The summed E-state index contributed by atoms with van der Waals surface area (Å²) in [6, 6.07) is 4.90. The van der Waals surface area contributed by atoms with Crippen LogP contribution in [0.5, 0.6) is 0 Å². The SMILES string of the molecule is CCN(CC)C(=O)[C@H]1CCCN(Cc2ccc(Cl)c([N+](=O)[O-])c2)C1. The van der Waals surface area contributed by atoms with E-state index >= 15 is 0 Å². The second-order valence-electron chi connectivity index (χ2n) is 6.13. The molecule has 1 heterocycles. The number of nitro groups is 1. The maximum atomic E-state index is 12.5. The van der Waals surface area contributed by atoms with E-state index in [9.17, 15) is 14.9 Å². The molecule has 0 unspecified atom stereocenters. The summed E-state index contributed by atoms with van der Waals surface area (Å²) in [5, 5.41) is 11.2. The zero-order chi connectivity index (χ0) is 17.7. The van der Waals surface area contributed by atoms with Crippen LogP contribution in [-0.4, -0.2) is 46.8 Å². The Kier molecular flexibility index (Phi) is 6.57. The average molecular weight is 354 g/mol. The lowest BCUT2D eigenvalue weighted by Gasteiger charge is -2.34. The first-order valence-corrected chi connectivity index (χ1v) is 8.78. The summed E-state index contributed by atoms with van der Waals surface area (Å²) in [6.45, 7) is 7.65.